The summed E-state index contributed by atoms with van der Waals surface area (Å²) in [5.74, 6) is 0.661. The van der Waals surface area contributed by atoms with E-state index < -0.39 is 0 Å². The average Bonchev–Trinajstić information content (AvgIpc) is 3.46. The highest BCUT2D eigenvalue weighted by molar-refractivity contribution is 5.16. The SMILES string of the molecule is C[C@@H]1[C@@H](OCc2ccccc2)[C@H](OCc2ccccc2)[C@@H](OCc2ccccc2)CN1CC1CCNC1. The number of hydrogen-bond acceptors (Lipinski definition) is 5. The van der Waals surface area contributed by atoms with Crippen molar-refractivity contribution < 1.29 is 14.2 Å². The number of hydrogen-bond donors (Lipinski definition) is 1. The van der Waals surface area contributed by atoms with Gasteiger partial charge in [-0.3, -0.25) is 4.90 Å². The summed E-state index contributed by atoms with van der Waals surface area (Å²) in [7, 11) is 0. The highest BCUT2D eigenvalue weighted by Crippen LogP contribution is 2.29. The second-order valence-electron chi connectivity index (χ2n) is 10.4. The molecule has 196 valence electrons. The zero-order chi connectivity index (χ0) is 25.3. The van der Waals surface area contributed by atoms with E-state index in [-0.39, 0.29) is 24.4 Å². The summed E-state index contributed by atoms with van der Waals surface area (Å²) in [6, 6.07) is 31.5. The van der Waals surface area contributed by atoms with E-state index in [9.17, 15) is 0 Å². The Balaban J connectivity index is 1.36. The predicted octanol–water partition coefficient (Wildman–Crippen LogP) is 5.06. The van der Waals surface area contributed by atoms with Crippen LogP contribution in [0.25, 0.3) is 0 Å². The maximum Gasteiger partial charge on any atom is 0.113 e. The Morgan fingerprint density at radius 3 is 1.73 bits per heavy atom. The van der Waals surface area contributed by atoms with Gasteiger partial charge in [0.05, 0.1) is 25.9 Å². The number of piperidine rings is 1. The molecule has 2 saturated heterocycles. The third kappa shape index (κ3) is 7.28. The molecule has 3 aromatic carbocycles. The summed E-state index contributed by atoms with van der Waals surface area (Å²) in [6.07, 6.45) is 0.867. The van der Waals surface area contributed by atoms with Gasteiger partial charge in [0.1, 0.15) is 12.2 Å². The van der Waals surface area contributed by atoms with Crippen LogP contribution in [0.5, 0.6) is 0 Å². The Morgan fingerprint density at radius 1 is 0.703 bits per heavy atom. The normalized spacial score (nSPS) is 26.4. The summed E-state index contributed by atoms with van der Waals surface area (Å²) in [5.41, 5.74) is 3.52. The molecule has 37 heavy (non-hydrogen) atoms. The summed E-state index contributed by atoms with van der Waals surface area (Å²) in [5, 5.41) is 3.53. The molecule has 0 bridgehead atoms. The highest BCUT2D eigenvalue weighted by Gasteiger charge is 2.44. The Hall–Kier alpha value is -2.54. The lowest BCUT2D eigenvalue weighted by atomic mass is 9.92. The lowest BCUT2D eigenvalue weighted by molar-refractivity contribution is -0.201. The standard InChI is InChI=1S/C32H40N2O3/c1-25-31(36-23-27-13-7-3-8-14-27)32(37-24-28-15-9-4-10-16-28)30(35-22-26-11-5-2-6-12-26)21-34(25)20-29-17-18-33-19-29/h2-16,25,29-33H,17-24H2,1H3/t25-,29?,30+,31-,32-/m1/s1. The molecule has 5 atom stereocenters. The van der Waals surface area contributed by atoms with Gasteiger partial charge in [-0.2, -0.15) is 0 Å². The molecule has 0 saturated carbocycles. The van der Waals surface area contributed by atoms with Gasteiger partial charge in [-0.1, -0.05) is 91.0 Å². The molecule has 0 aliphatic carbocycles. The van der Waals surface area contributed by atoms with Gasteiger partial charge in [0.2, 0.25) is 0 Å². The predicted molar refractivity (Wildman–Crippen MR) is 147 cm³/mol. The molecule has 0 aromatic heterocycles. The largest absolute Gasteiger partial charge is 0.369 e. The molecule has 2 aliphatic rings. The number of rotatable bonds is 11. The van der Waals surface area contributed by atoms with Crippen molar-refractivity contribution in [3.8, 4) is 0 Å². The smallest absolute Gasteiger partial charge is 0.113 e. The first-order chi connectivity index (χ1) is 18.3. The maximum atomic E-state index is 6.70. The molecule has 3 aromatic rings. The molecule has 1 unspecified atom stereocenters. The second-order valence-corrected chi connectivity index (χ2v) is 10.4. The van der Waals surface area contributed by atoms with Crippen molar-refractivity contribution >= 4 is 0 Å². The van der Waals surface area contributed by atoms with Crippen molar-refractivity contribution in [2.45, 2.75) is 57.5 Å². The molecule has 0 radical (unpaired) electrons. The van der Waals surface area contributed by atoms with Crippen LogP contribution in [0.3, 0.4) is 0 Å². The number of ether oxygens (including phenoxy) is 3. The van der Waals surface area contributed by atoms with E-state index in [4.69, 9.17) is 14.2 Å². The maximum absolute atomic E-state index is 6.70. The van der Waals surface area contributed by atoms with Crippen molar-refractivity contribution in [2.24, 2.45) is 5.92 Å². The van der Waals surface area contributed by atoms with E-state index in [1.54, 1.807) is 0 Å². The van der Waals surface area contributed by atoms with Gasteiger partial charge in [-0.25, -0.2) is 0 Å². The third-order valence-electron chi connectivity index (χ3n) is 7.69. The second kappa shape index (κ2) is 13.3. The van der Waals surface area contributed by atoms with E-state index in [0.717, 1.165) is 26.2 Å². The van der Waals surface area contributed by atoms with Crippen LogP contribution in [0.15, 0.2) is 91.0 Å². The minimum Gasteiger partial charge on any atom is -0.369 e. The van der Waals surface area contributed by atoms with Gasteiger partial charge >= 0.3 is 0 Å². The van der Waals surface area contributed by atoms with Crippen molar-refractivity contribution in [3.05, 3.63) is 108 Å². The first kappa shape index (κ1) is 26.1. The van der Waals surface area contributed by atoms with Crippen LogP contribution < -0.4 is 5.32 Å². The topological polar surface area (TPSA) is 43.0 Å². The Bertz CT molecular complexity index is 1040. The van der Waals surface area contributed by atoms with Crippen LogP contribution in [0.2, 0.25) is 0 Å². The summed E-state index contributed by atoms with van der Waals surface area (Å²) >= 11 is 0. The minimum atomic E-state index is -0.166. The van der Waals surface area contributed by atoms with Gasteiger partial charge in [-0.05, 0) is 49.0 Å². The van der Waals surface area contributed by atoms with Crippen LogP contribution in [0.1, 0.15) is 30.0 Å². The molecule has 5 rings (SSSR count). The van der Waals surface area contributed by atoms with E-state index in [2.05, 4.69) is 89.9 Å². The molecule has 2 heterocycles. The summed E-state index contributed by atoms with van der Waals surface area (Å²) in [6.45, 7) is 8.05. The molecule has 1 N–H and O–H groups in total. The highest BCUT2D eigenvalue weighted by atomic mass is 16.6. The summed E-state index contributed by atoms with van der Waals surface area (Å²) in [4.78, 5) is 2.57. The van der Waals surface area contributed by atoms with Crippen LogP contribution >= 0.6 is 0 Å². The molecular weight excluding hydrogens is 460 g/mol. The lowest BCUT2D eigenvalue weighted by Crippen LogP contribution is -2.63. The Kier molecular flexibility index (Phi) is 9.38. The van der Waals surface area contributed by atoms with Crippen molar-refractivity contribution in [1.29, 1.82) is 0 Å². The van der Waals surface area contributed by atoms with Crippen LogP contribution in [-0.4, -0.2) is 55.4 Å². The monoisotopic (exact) mass is 500 g/mol. The fraction of sp³-hybridized carbons (Fsp3) is 0.438. The van der Waals surface area contributed by atoms with Crippen LogP contribution in [-0.2, 0) is 34.0 Å². The van der Waals surface area contributed by atoms with Crippen molar-refractivity contribution in [1.82, 2.24) is 10.2 Å². The average molecular weight is 501 g/mol. The molecule has 5 heteroatoms. The molecule has 0 amide bonds. The zero-order valence-electron chi connectivity index (χ0n) is 21.9. The van der Waals surface area contributed by atoms with Gasteiger partial charge in [-0.15, -0.1) is 0 Å². The minimum absolute atomic E-state index is 0.0877. The van der Waals surface area contributed by atoms with Crippen molar-refractivity contribution in [2.75, 3.05) is 26.2 Å². The number of likely N-dealkylation sites (tertiary alicyclic amines) is 1. The number of nitrogens with zero attached hydrogens (tertiary/aromatic N) is 1. The van der Waals surface area contributed by atoms with E-state index in [1.165, 1.54) is 23.1 Å². The Morgan fingerprint density at radius 2 is 1.22 bits per heavy atom. The number of nitrogens with one attached hydrogen (secondary N) is 1. The van der Waals surface area contributed by atoms with Gasteiger partial charge in [0.15, 0.2) is 0 Å². The van der Waals surface area contributed by atoms with Crippen LogP contribution in [0.4, 0.5) is 0 Å². The van der Waals surface area contributed by atoms with Crippen LogP contribution in [0, 0.1) is 5.92 Å². The quantitative estimate of drug-likeness (QED) is 0.399. The molecular formula is C32H40N2O3. The fourth-order valence-corrected chi connectivity index (χ4v) is 5.53. The van der Waals surface area contributed by atoms with Gasteiger partial charge in [0.25, 0.3) is 0 Å². The molecule has 5 nitrogen and oxygen atoms in total. The summed E-state index contributed by atoms with van der Waals surface area (Å²) < 4.78 is 20.0. The molecule has 0 spiro atoms. The molecule has 2 aliphatic heterocycles. The first-order valence-electron chi connectivity index (χ1n) is 13.7. The van der Waals surface area contributed by atoms with E-state index in [0.29, 0.717) is 25.7 Å². The first-order valence-corrected chi connectivity index (χ1v) is 13.7. The van der Waals surface area contributed by atoms with E-state index >= 15 is 0 Å². The van der Waals surface area contributed by atoms with Gasteiger partial charge in [0, 0.05) is 19.1 Å². The lowest BCUT2D eigenvalue weighted by Gasteiger charge is -2.48. The third-order valence-corrected chi connectivity index (χ3v) is 7.69. The fourth-order valence-electron chi connectivity index (χ4n) is 5.53. The molecule has 2 fully saturated rings. The van der Waals surface area contributed by atoms with E-state index in [1.807, 2.05) is 18.2 Å². The van der Waals surface area contributed by atoms with Gasteiger partial charge < -0.3 is 19.5 Å². The number of benzene rings is 3. The van der Waals surface area contributed by atoms with Crippen molar-refractivity contribution in [3.63, 3.8) is 0 Å². The Labute approximate surface area is 221 Å². The zero-order valence-corrected chi connectivity index (χ0v) is 21.9.